The molecular formula is C15H23FN2O5Si. The van der Waals surface area contributed by atoms with E-state index < -0.39 is 37.7 Å². The van der Waals surface area contributed by atoms with E-state index in [4.69, 9.17) is 9.16 Å². The van der Waals surface area contributed by atoms with E-state index in [1.54, 1.807) is 6.08 Å². The second kappa shape index (κ2) is 6.30. The second-order valence-corrected chi connectivity index (χ2v) is 12.0. The standard InChI is InChI=1S/C15H23FN2O5Si/c1-15(2,3)24(4,5)23-11-6-9(8-19)22-13(11)18-7-10(16)12(20)17-14(18)21/h6-7,11,13,19H,8H2,1-5H3,(H,17,20,21)/t11-,13-/m1/s1. The molecule has 0 unspecified atom stereocenters. The maximum atomic E-state index is 13.6. The van der Waals surface area contributed by atoms with Gasteiger partial charge >= 0.3 is 5.69 Å². The fraction of sp³-hybridized carbons (Fsp3) is 0.600. The molecule has 2 N–H and O–H groups in total. The molecule has 2 rings (SSSR count). The van der Waals surface area contributed by atoms with Crippen LogP contribution >= 0.6 is 0 Å². The van der Waals surface area contributed by atoms with E-state index in [0.29, 0.717) is 0 Å². The summed E-state index contributed by atoms with van der Waals surface area (Å²) in [6, 6.07) is 0. The molecule has 0 aromatic carbocycles. The minimum absolute atomic E-state index is 0.0887. The highest BCUT2D eigenvalue weighted by Gasteiger charge is 2.43. The first-order chi connectivity index (χ1) is 11.0. The molecular weight excluding hydrogens is 335 g/mol. The van der Waals surface area contributed by atoms with Gasteiger partial charge in [0.25, 0.3) is 5.56 Å². The summed E-state index contributed by atoms with van der Waals surface area (Å²) in [5.74, 6) is -0.857. The van der Waals surface area contributed by atoms with Crippen LogP contribution in [0.1, 0.15) is 27.0 Å². The summed E-state index contributed by atoms with van der Waals surface area (Å²) in [5.41, 5.74) is -1.89. The number of H-pyrrole nitrogens is 1. The normalized spacial score (nSPS) is 21.5. The molecule has 1 aromatic heterocycles. The molecule has 0 spiro atoms. The molecule has 2 atom stereocenters. The number of aliphatic hydroxyl groups is 1. The van der Waals surface area contributed by atoms with Crippen molar-refractivity contribution in [2.24, 2.45) is 0 Å². The van der Waals surface area contributed by atoms with E-state index in [9.17, 15) is 19.1 Å². The van der Waals surface area contributed by atoms with Gasteiger partial charge in [0.05, 0.1) is 6.20 Å². The van der Waals surface area contributed by atoms with Crippen LogP contribution < -0.4 is 11.2 Å². The van der Waals surface area contributed by atoms with Crippen LogP contribution in [0.5, 0.6) is 0 Å². The number of nitrogens with one attached hydrogen (secondary N) is 1. The Kier molecular flexibility index (Phi) is 4.89. The molecule has 0 aliphatic carbocycles. The number of hydrogen-bond donors (Lipinski definition) is 2. The lowest BCUT2D eigenvalue weighted by atomic mass is 10.2. The van der Waals surface area contributed by atoms with Crippen molar-refractivity contribution in [3.8, 4) is 0 Å². The van der Waals surface area contributed by atoms with E-state index in [1.807, 2.05) is 18.1 Å². The molecule has 24 heavy (non-hydrogen) atoms. The lowest BCUT2D eigenvalue weighted by Gasteiger charge is -2.39. The molecule has 1 aliphatic heterocycles. The molecule has 134 valence electrons. The highest BCUT2D eigenvalue weighted by molar-refractivity contribution is 6.74. The van der Waals surface area contributed by atoms with Gasteiger partial charge in [-0.1, -0.05) is 20.8 Å². The second-order valence-electron chi connectivity index (χ2n) is 7.29. The molecule has 0 amide bonds. The Labute approximate surface area is 139 Å². The van der Waals surface area contributed by atoms with Crippen LogP contribution in [-0.2, 0) is 9.16 Å². The Balaban J connectivity index is 2.41. The van der Waals surface area contributed by atoms with Crippen molar-refractivity contribution in [1.82, 2.24) is 9.55 Å². The Morgan fingerprint density at radius 3 is 2.58 bits per heavy atom. The molecule has 0 radical (unpaired) electrons. The van der Waals surface area contributed by atoms with Gasteiger partial charge < -0.3 is 14.3 Å². The minimum Gasteiger partial charge on any atom is -0.469 e. The first-order valence-electron chi connectivity index (χ1n) is 7.63. The zero-order valence-corrected chi connectivity index (χ0v) is 15.4. The third kappa shape index (κ3) is 3.52. The number of aliphatic hydroxyl groups excluding tert-OH is 1. The molecule has 2 heterocycles. The number of hydrogen-bond acceptors (Lipinski definition) is 5. The highest BCUT2D eigenvalue weighted by atomic mass is 28.4. The Morgan fingerprint density at radius 1 is 1.42 bits per heavy atom. The van der Waals surface area contributed by atoms with Crippen molar-refractivity contribution in [2.45, 2.75) is 51.2 Å². The van der Waals surface area contributed by atoms with Crippen LogP contribution in [0.3, 0.4) is 0 Å². The third-order valence-electron chi connectivity index (χ3n) is 4.49. The van der Waals surface area contributed by atoms with Crippen molar-refractivity contribution in [1.29, 1.82) is 0 Å². The molecule has 0 fully saturated rings. The Morgan fingerprint density at radius 2 is 2.04 bits per heavy atom. The molecule has 1 aromatic rings. The van der Waals surface area contributed by atoms with Crippen LogP contribution in [0.2, 0.25) is 18.1 Å². The van der Waals surface area contributed by atoms with Crippen molar-refractivity contribution >= 4 is 8.32 Å². The van der Waals surface area contributed by atoms with E-state index >= 15 is 0 Å². The van der Waals surface area contributed by atoms with E-state index in [-0.39, 0.29) is 17.4 Å². The van der Waals surface area contributed by atoms with Crippen LogP contribution in [0, 0.1) is 5.82 Å². The van der Waals surface area contributed by atoms with Crippen LogP contribution in [0.15, 0.2) is 27.6 Å². The maximum absolute atomic E-state index is 13.6. The van der Waals surface area contributed by atoms with E-state index in [0.717, 1.165) is 10.8 Å². The van der Waals surface area contributed by atoms with Gasteiger partial charge in [-0.2, -0.15) is 4.39 Å². The summed E-state index contributed by atoms with van der Waals surface area (Å²) in [4.78, 5) is 25.1. The summed E-state index contributed by atoms with van der Waals surface area (Å²) >= 11 is 0. The summed E-state index contributed by atoms with van der Waals surface area (Å²) < 4.78 is 26.3. The van der Waals surface area contributed by atoms with Crippen LogP contribution in [0.4, 0.5) is 4.39 Å². The summed E-state index contributed by atoms with van der Waals surface area (Å²) in [7, 11) is -2.22. The number of rotatable bonds is 4. The monoisotopic (exact) mass is 358 g/mol. The number of nitrogens with zero attached hydrogens (tertiary/aromatic N) is 1. The predicted molar refractivity (Wildman–Crippen MR) is 88.6 cm³/mol. The molecule has 0 bridgehead atoms. The zero-order valence-electron chi connectivity index (χ0n) is 14.4. The fourth-order valence-electron chi connectivity index (χ4n) is 2.09. The van der Waals surface area contributed by atoms with E-state index in [2.05, 4.69) is 20.8 Å². The summed E-state index contributed by atoms with van der Waals surface area (Å²) in [6.07, 6.45) is 0.721. The van der Waals surface area contributed by atoms with Gasteiger partial charge in [-0.25, -0.2) is 4.79 Å². The number of halogens is 1. The van der Waals surface area contributed by atoms with Crippen molar-refractivity contribution in [3.63, 3.8) is 0 Å². The van der Waals surface area contributed by atoms with Crippen LogP contribution in [-0.4, -0.2) is 35.7 Å². The van der Waals surface area contributed by atoms with E-state index in [1.165, 1.54) is 0 Å². The Hall–Kier alpha value is -1.71. The van der Waals surface area contributed by atoms with Gasteiger partial charge in [0.15, 0.2) is 8.32 Å². The average Bonchev–Trinajstić information content (AvgIpc) is 2.84. The molecule has 7 nitrogen and oxygen atoms in total. The SMILES string of the molecule is CC(C)(C)[Si](C)(C)O[C@@H]1C=C(CO)O[C@H]1n1cc(F)c(=O)[nH]c1=O. The summed E-state index contributed by atoms with van der Waals surface area (Å²) in [5, 5.41) is 9.23. The fourth-order valence-corrected chi connectivity index (χ4v) is 3.31. The van der Waals surface area contributed by atoms with Crippen molar-refractivity contribution < 1.29 is 18.7 Å². The maximum Gasteiger partial charge on any atom is 0.331 e. The minimum atomic E-state index is -2.22. The van der Waals surface area contributed by atoms with Gasteiger partial charge in [0, 0.05) is 0 Å². The molecule has 0 saturated carbocycles. The van der Waals surface area contributed by atoms with Gasteiger partial charge in [0.1, 0.15) is 18.5 Å². The number of aromatic nitrogens is 2. The quantitative estimate of drug-likeness (QED) is 0.795. The predicted octanol–water partition coefficient (Wildman–Crippen LogP) is 1.47. The van der Waals surface area contributed by atoms with Crippen molar-refractivity contribution in [2.75, 3.05) is 6.61 Å². The van der Waals surface area contributed by atoms with Gasteiger partial charge in [0.2, 0.25) is 12.0 Å². The number of aromatic amines is 1. The lowest BCUT2D eigenvalue weighted by molar-refractivity contribution is -0.00618. The molecule has 1 aliphatic rings. The van der Waals surface area contributed by atoms with Crippen molar-refractivity contribution in [3.05, 3.63) is 44.7 Å². The average molecular weight is 358 g/mol. The Bertz CT molecular complexity index is 762. The number of ether oxygens (including phenoxy) is 1. The lowest BCUT2D eigenvalue weighted by Crippen LogP contribution is -2.46. The van der Waals surface area contributed by atoms with Gasteiger partial charge in [-0.15, -0.1) is 0 Å². The van der Waals surface area contributed by atoms with Gasteiger partial charge in [-0.05, 0) is 24.2 Å². The summed E-state index contributed by atoms with van der Waals surface area (Å²) in [6.45, 7) is 9.89. The molecule has 9 heteroatoms. The first-order valence-corrected chi connectivity index (χ1v) is 10.5. The zero-order chi connectivity index (χ0) is 18.3. The topological polar surface area (TPSA) is 93.5 Å². The largest absolute Gasteiger partial charge is 0.469 e. The highest BCUT2D eigenvalue weighted by Crippen LogP contribution is 2.40. The third-order valence-corrected chi connectivity index (χ3v) is 8.97. The molecule has 0 saturated heterocycles. The first kappa shape index (κ1) is 18.6. The smallest absolute Gasteiger partial charge is 0.331 e. The van der Waals surface area contributed by atoms with Gasteiger partial charge in [-0.3, -0.25) is 14.3 Å². The van der Waals surface area contributed by atoms with Crippen LogP contribution in [0.25, 0.3) is 0 Å².